The number of nitrogens with one attached hydrogen (secondary N) is 1. The number of nitrogens with zero attached hydrogens (tertiary/aromatic N) is 2. The van der Waals surface area contributed by atoms with Gasteiger partial charge in [-0.2, -0.15) is 13.2 Å². The molecule has 4 nitrogen and oxygen atoms in total. The molecule has 30 heavy (non-hydrogen) atoms. The molecular formula is C23H26F3N3O. The van der Waals surface area contributed by atoms with Crippen LogP contribution in [-0.2, 0) is 6.18 Å². The van der Waals surface area contributed by atoms with Crippen LogP contribution >= 0.6 is 0 Å². The summed E-state index contributed by atoms with van der Waals surface area (Å²) in [6.07, 6.45) is 6.38. The van der Waals surface area contributed by atoms with Crippen molar-refractivity contribution in [2.45, 2.75) is 57.2 Å². The molecule has 1 saturated heterocycles. The molecule has 0 radical (unpaired) electrons. The van der Waals surface area contributed by atoms with Crippen molar-refractivity contribution < 1.29 is 18.0 Å². The maximum Gasteiger partial charge on any atom is 0.416 e. The maximum absolute atomic E-state index is 13.4. The second kappa shape index (κ2) is 8.66. The minimum absolute atomic E-state index is 0.220. The molecule has 2 aliphatic rings. The fourth-order valence-corrected chi connectivity index (χ4v) is 4.85. The largest absolute Gasteiger partial charge is 0.416 e. The average Bonchev–Trinajstić information content (AvgIpc) is 2.96. The minimum atomic E-state index is -4.47. The van der Waals surface area contributed by atoms with Gasteiger partial charge in [-0.1, -0.05) is 19.3 Å². The zero-order valence-electron chi connectivity index (χ0n) is 16.8. The summed E-state index contributed by atoms with van der Waals surface area (Å²) in [7, 11) is 0. The molecule has 1 N–H and O–H groups in total. The number of halogens is 3. The van der Waals surface area contributed by atoms with Gasteiger partial charge in [0.1, 0.15) is 0 Å². The molecule has 0 spiro atoms. The zero-order chi connectivity index (χ0) is 21.1. The summed E-state index contributed by atoms with van der Waals surface area (Å²) in [4.78, 5) is 18.9. The lowest BCUT2D eigenvalue weighted by atomic mass is 9.81. The van der Waals surface area contributed by atoms with Crippen LogP contribution < -0.4 is 10.2 Å². The first kappa shape index (κ1) is 20.7. The van der Waals surface area contributed by atoms with Gasteiger partial charge in [0.15, 0.2) is 0 Å². The van der Waals surface area contributed by atoms with Crippen LogP contribution in [-0.4, -0.2) is 23.5 Å². The number of carbonyl (C=O) groups is 1. The zero-order valence-corrected chi connectivity index (χ0v) is 16.8. The standard InChI is InChI=1S/C23H26F3N3O/c24-23(25,26)18-8-9-21(19(15-18)28-22(30)17-10-12-27-13-11-17)29-14-4-3-6-16-5-1-2-7-20(16)29/h8-13,15-16,20H,1-7,14H2,(H,28,30)/t16-,20+/m1/s1. The molecule has 1 aliphatic carbocycles. The first-order valence-electron chi connectivity index (χ1n) is 10.6. The Kier molecular flexibility index (Phi) is 5.97. The van der Waals surface area contributed by atoms with E-state index >= 15 is 0 Å². The number of alkyl halides is 3. The number of aromatic nitrogens is 1. The number of anilines is 2. The molecule has 1 saturated carbocycles. The summed E-state index contributed by atoms with van der Waals surface area (Å²) in [6.45, 7) is 0.796. The van der Waals surface area contributed by atoms with E-state index in [2.05, 4.69) is 15.2 Å². The highest BCUT2D eigenvalue weighted by Crippen LogP contribution is 2.41. The van der Waals surface area contributed by atoms with E-state index in [0.717, 1.165) is 44.4 Å². The Bertz CT molecular complexity index is 885. The maximum atomic E-state index is 13.4. The van der Waals surface area contributed by atoms with Crippen LogP contribution in [0.4, 0.5) is 24.5 Å². The number of fused-ring (bicyclic) bond motifs is 1. The first-order chi connectivity index (χ1) is 14.4. The van der Waals surface area contributed by atoms with Crippen LogP contribution in [0, 0.1) is 5.92 Å². The Balaban J connectivity index is 1.71. The van der Waals surface area contributed by atoms with E-state index in [0.29, 0.717) is 23.2 Å². The smallest absolute Gasteiger partial charge is 0.367 e. The van der Waals surface area contributed by atoms with Crippen molar-refractivity contribution in [2.75, 3.05) is 16.8 Å². The van der Waals surface area contributed by atoms with Crippen molar-refractivity contribution in [3.63, 3.8) is 0 Å². The molecule has 7 heteroatoms. The molecular weight excluding hydrogens is 391 g/mol. The van der Waals surface area contributed by atoms with E-state index in [-0.39, 0.29) is 5.69 Å². The van der Waals surface area contributed by atoms with Crippen LogP contribution in [0.3, 0.4) is 0 Å². The summed E-state index contributed by atoms with van der Waals surface area (Å²) in [6, 6.07) is 7.13. The highest BCUT2D eigenvalue weighted by Gasteiger charge is 2.35. The number of amides is 1. The van der Waals surface area contributed by atoms with Crippen molar-refractivity contribution in [3.05, 3.63) is 53.9 Å². The molecule has 4 rings (SSSR count). The van der Waals surface area contributed by atoms with Gasteiger partial charge in [-0.05, 0) is 61.9 Å². The second-order valence-corrected chi connectivity index (χ2v) is 8.22. The third kappa shape index (κ3) is 4.45. The van der Waals surface area contributed by atoms with E-state index in [4.69, 9.17) is 0 Å². The van der Waals surface area contributed by atoms with Crippen molar-refractivity contribution in [3.8, 4) is 0 Å². The Morgan fingerprint density at radius 3 is 2.43 bits per heavy atom. The topological polar surface area (TPSA) is 45.2 Å². The number of pyridine rings is 1. The molecule has 1 amide bonds. The van der Waals surface area contributed by atoms with E-state index in [9.17, 15) is 18.0 Å². The van der Waals surface area contributed by atoms with Gasteiger partial charge in [0.2, 0.25) is 0 Å². The van der Waals surface area contributed by atoms with Crippen molar-refractivity contribution in [1.29, 1.82) is 0 Å². The lowest BCUT2D eigenvalue weighted by molar-refractivity contribution is -0.137. The highest BCUT2D eigenvalue weighted by molar-refractivity contribution is 6.06. The Morgan fingerprint density at radius 1 is 1.00 bits per heavy atom. The summed E-state index contributed by atoms with van der Waals surface area (Å²) in [5, 5.41) is 2.74. The van der Waals surface area contributed by atoms with E-state index in [1.165, 1.54) is 37.7 Å². The monoisotopic (exact) mass is 417 g/mol. The Labute approximate surface area is 174 Å². The predicted molar refractivity (Wildman–Crippen MR) is 111 cm³/mol. The quantitative estimate of drug-likeness (QED) is 0.676. The number of hydrogen-bond donors (Lipinski definition) is 1. The van der Waals surface area contributed by atoms with Gasteiger partial charge in [0.05, 0.1) is 16.9 Å². The van der Waals surface area contributed by atoms with Crippen LogP contribution in [0.15, 0.2) is 42.7 Å². The van der Waals surface area contributed by atoms with Crippen LogP contribution in [0.5, 0.6) is 0 Å². The van der Waals surface area contributed by atoms with E-state index < -0.39 is 17.6 Å². The van der Waals surface area contributed by atoms with Crippen LogP contribution in [0.1, 0.15) is 60.9 Å². The molecule has 1 aliphatic heterocycles. The molecule has 2 heterocycles. The molecule has 1 aromatic carbocycles. The molecule has 160 valence electrons. The SMILES string of the molecule is O=C(Nc1cc(C(F)(F)F)ccc1N1CCCC[C@H]2CCCC[C@@H]21)c1ccncc1. The third-order valence-corrected chi connectivity index (χ3v) is 6.32. The Morgan fingerprint density at radius 2 is 1.70 bits per heavy atom. The molecule has 2 fully saturated rings. The first-order valence-corrected chi connectivity index (χ1v) is 10.6. The van der Waals surface area contributed by atoms with Gasteiger partial charge in [0, 0.05) is 30.5 Å². The number of rotatable bonds is 3. The second-order valence-electron chi connectivity index (χ2n) is 8.22. The summed E-state index contributed by atoms with van der Waals surface area (Å²) in [5.41, 5.74) is 0.508. The van der Waals surface area contributed by atoms with Crippen molar-refractivity contribution in [2.24, 2.45) is 5.92 Å². The van der Waals surface area contributed by atoms with E-state index in [1.54, 1.807) is 12.1 Å². The molecule has 2 atom stereocenters. The number of hydrogen-bond acceptors (Lipinski definition) is 3. The fraction of sp³-hybridized carbons (Fsp3) is 0.478. The average molecular weight is 417 g/mol. The van der Waals surface area contributed by atoms with Gasteiger partial charge in [-0.25, -0.2) is 0 Å². The molecule has 0 unspecified atom stereocenters. The molecule has 0 bridgehead atoms. The van der Waals surface area contributed by atoms with Crippen LogP contribution in [0.25, 0.3) is 0 Å². The predicted octanol–water partition coefficient (Wildman–Crippen LogP) is 5.90. The molecule has 1 aromatic heterocycles. The summed E-state index contributed by atoms with van der Waals surface area (Å²) < 4.78 is 40.2. The summed E-state index contributed by atoms with van der Waals surface area (Å²) in [5.74, 6) is 0.125. The lowest BCUT2D eigenvalue weighted by Crippen LogP contribution is -2.42. The minimum Gasteiger partial charge on any atom is -0.367 e. The summed E-state index contributed by atoms with van der Waals surface area (Å²) >= 11 is 0. The number of benzene rings is 1. The van der Waals surface area contributed by atoms with Gasteiger partial charge in [0.25, 0.3) is 5.91 Å². The van der Waals surface area contributed by atoms with E-state index in [1.807, 2.05) is 0 Å². The fourth-order valence-electron chi connectivity index (χ4n) is 4.85. The van der Waals surface area contributed by atoms with Crippen LogP contribution in [0.2, 0.25) is 0 Å². The number of carbonyl (C=O) groups excluding carboxylic acids is 1. The van der Waals surface area contributed by atoms with Gasteiger partial charge < -0.3 is 10.2 Å². The normalized spacial score (nSPS) is 22.2. The van der Waals surface area contributed by atoms with Gasteiger partial charge in [-0.15, -0.1) is 0 Å². The van der Waals surface area contributed by atoms with Crippen molar-refractivity contribution in [1.82, 2.24) is 4.98 Å². The van der Waals surface area contributed by atoms with Gasteiger partial charge >= 0.3 is 6.18 Å². The molecule has 2 aromatic rings. The van der Waals surface area contributed by atoms with Crippen molar-refractivity contribution >= 4 is 17.3 Å². The van der Waals surface area contributed by atoms with Gasteiger partial charge in [-0.3, -0.25) is 9.78 Å². The highest BCUT2D eigenvalue weighted by atomic mass is 19.4. The Hall–Kier alpha value is -2.57. The lowest BCUT2D eigenvalue weighted by Gasteiger charge is -2.40. The third-order valence-electron chi connectivity index (χ3n) is 6.32.